The Morgan fingerprint density at radius 2 is 1.94 bits per heavy atom. The van der Waals surface area contributed by atoms with Crippen LogP contribution in [0.5, 0.6) is 5.88 Å². The summed E-state index contributed by atoms with van der Waals surface area (Å²) < 4.78 is 16.2. The van der Waals surface area contributed by atoms with Gasteiger partial charge in [0.2, 0.25) is 5.88 Å². The summed E-state index contributed by atoms with van der Waals surface area (Å²) in [6, 6.07) is 4.99. The molecule has 5 heterocycles. The molecule has 0 unspecified atom stereocenters. The quantitative estimate of drug-likeness (QED) is 0.191. The molecule has 50 heavy (non-hydrogen) atoms. The summed E-state index contributed by atoms with van der Waals surface area (Å²) in [5.41, 5.74) is 5.32. The molecule has 0 saturated carbocycles. The summed E-state index contributed by atoms with van der Waals surface area (Å²) >= 11 is 7.83. The molecule has 1 saturated heterocycles. The fraction of sp³-hybridized carbons (Fsp3) is 0.406. The monoisotopic (exact) mass is 726 g/mol. The Morgan fingerprint density at radius 3 is 2.66 bits per heavy atom. The van der Waals surface area contributed by atoms with Gasteiger partial charge in [0.15, 0.2) is 29.5 Å². The zero-order chi connectivity index (χ0) is 35.6. The van der Waals surface area contributed by atoms with E-state index in [-0.39, 0.29) is 40.1 Å². The highest BCUT2D eigenvalue weighted by Gasteiger charge is 2.32. The van der Waals surface area contributed by atoms with Gasteiger partial charge in [-0.05, 0) is 50.2 Å². The van der Waals surface area contributed by atoms with Gasteiger partial charge >= 0.3 is 11.9 Å². The lowest BCUT2D eigenvalue weighted by molar-refractivity contribution is 0.102. The summed E-state index contributed by atoms with van der Waals surface area (Å²) in [6.07, 6.45) is 4.70. The van der Waals surface area contributed by atoms with Crippen molar-refractivity contribution in [3.63, 3.8) is 0 Å². The number of benzene rings is 1. The van der Waals surface area contributed by atoms with Crippen LogP contribution in [0.2, 0.25) is 5.02 Å². The van der Waals surface area contributed by atoms with Gasteiger partial charge in [-0.3, -0.25) is 14.2 Å². The van der Waals surface area contributed by atoms with Gasteiger partial charge in [-0.15, -0.1) is 0 Å². The molecule has 2 aliphatic heterocycles. The van der Waals surface area contributed by atoms with Crippen LogP contribution in [-0.2, 0) is 24.3 Å². The van der Waals surface area contributed by atoms with E-state index in [9.17, 15) is 24.3 Å². The molecular formula is C32H35ClN8O8S. The third kappa shape index (κ3) is 7.57. The van der Waals surface area contributed by atoms with E-state index >= 15 is 0 Å². The van der Waals surface area contributed by atoms with Crippen LogP contribution in [0.4, 0.5) is 22.1 Å². The number of hydrogen-bond donors (Lipinski definition) is 4. The molecule has 6 rings (SSSR count). The lowest BCUT2D eigenvalue weighted by atomic mass is 9.80. The molecule has 1 fully saturated rings. The van der Waals surface area contributed by atoms with Gasteiger partial charge in [0.1, 0.15) is 16.7 Å². The summed E-state index contributed by atoms with van der Waals surface area (Å²) in [5.74, 6) is -0.602. The molecule has 16 nitrogen and oxygen atoms in total. The van der Waals surface area contributed by atoms with Crippen molar-refractivity contribution < 1.29 is 28.3 Å². The number of ether oxygens (including phenoxy) is 1. The molecule has 5 N–H and O–H groups in total. The second-order valence-electron chi connectivity index (χ2n) is 12.4. The third-order valence-corrected chi connectivity index (χ3v) is 10.4. The van der Waals surface area contributed by atoms with Crippen molar-refractivity contribution in [2.45, 2.75) is 69.0 Å². The molecule has 1 aromatic carbocycles. The fourth-order valence-corrected chi connectivity index (χ4v) is 6.87. The number of anilines is 3. The topological polar surface area (TPSA) is 221 Å². The van der Waals surface area contributed by atoms with Crippen molar-refractivity contribution in [2.75, 3.05) is 35.6 Å². The highest BCUT2D eigenvalue weighted by molar-refractivity contribution is 7.99. The Kier molecular flexibility index (Phi) is 10.1. The number of nitrogens with zero attached hydrogens (tertiary/aromatic N) is 5. The van der Waals surface area contributed by atoms with E-state index in [0.29, 0.717) is 54.2 Å². The second-order valence-corrected chi connectivity index (χ2v) is 13.8. The number of aromatic hydroxyl groups is 1. The van der Waals surface area contributed by atoms with Crippen LogP contribution in [-0.4, -0.2) is 56.3 Å². The Morgan fingerprint density at radius 1 is 1.16 bits per heavy atom. The van der Waals surface area contributed by atoms with Crippen LogP contribution in [0.1, 0.15) is 60.3 Å². The first-order valence-corrected chi connectivity index (χ1v) is 17.1. The second kappa shape index (κ2) is 14.4. The normalized spacial score (nSPS) is 15.3. The first-order valence-electron chi connectivity index (χ1n) is 15.9. The highest BCUT2D eigenvalue weighted by Crippen LogP contribution is 2.39. The van der Waals surface area contributed by atoms with Crippen LogP contribution in [0.25, 0.3) is 0 Å². The SMILES string of the molecule is Cc1oc(=O)oc1COC(=O)NCC1(C)CCN(c2cnc(Sc3cccc(NC(=O)c4c(O)nc5n(c4=O)CCCC5)c3Cl)c(N)n2)CC1. The van der Waals surface area contributed by atoms with E-state index in [0.717, 1.165) is 25.7 Å². The number of nitrogens with one attached hydrogen (secondary N) is 2. The molecule has 2 amide bonds. The lowest BCUT2D eigenvalue weighted by Crippen LogP contribution is -2.45. The van der Waals surface area contributed by atoms with Gasteiger partial charge in [0, 0.05) is 37.5 Å². The fourth-order valence-electron chi connectivity index (χ4n) is 5.77. The van der Waals surface area contributed by atoms with Crippen LogP contribution < -0.4 is 32.6 Å². The number of alkyl carbamates (subject to hydrolysis) is 1. The van der Waals surface area contributed by atoms with E-state index in [1.54, 1.807) is 31.3 Å². The zero-order valence-electron chi connectivity index (χ0n) is 27.3. The number of nitrogen functional groups attached to an aromatic ring is 1. The van der Waals surface area contributed by atoms with Crippen molar-refractivity contribution in [1.82, 2.24) is 24.8 Å². The van der Waals surface area contributed by atoms with E-state index < -0.39 is 34.8 Å². The van der Waals surface area contributed by atoms with Crippen LogP contribution in [0.15, 0.2) is 52.7 Å². The van der Waals surface area contributed by atoms with Gasteiger partial charge in [0.05, 0.1) is 16.9 Å². The summed E-state index contributed by atoms with van der Waals surface area (Å²) in [4.78, 5) is 65.3. The third-order valence-electron chi connectivity index (χ3n) is 8.78. The maximum Gasteiger partial charge on any atom is 0.519 e. The van der Waals surface area contributed by atoms with E-state index in [1.807, 2.05) is 0 Å². The van der Waals surface area contributed by atoms with Crippen molar-refractivity contribution in [3.05, 3.63) is 73.3 Å². The molecular weight excluding hydrogens is 692 g/mol. The predicted octanol–water partition coefficient (Wildman–Crippen LogP) is 4.10. The molecule has 2 aliphatic rings. The van der Waals surface area contributed by atoms with E-state index in [2.05, 4.69) is 37.4 Å². The number of piperidine rings is 1. The maximum atomic E-state index is 13.1. The zero-order valence-corrected chi connectivity index (χ0v) is 28.9. The number of carbonyl (C=O) groups is 2. The van der Waals surface area contributed by atoms with Crippen LogP contribution >= 0.6 is 23.4 Å². The van der Waals surface area contributed by atoms with Gasteiger partial charge in [-0.25, -0.2) is 19.6 Å². The molecule has 18 heteroatoms. The van der Waals surface area contributed by atoms with Crippen molar-refractivity contribution >= 4 is 52.7 Å². The number of nitrogens with two attached hydrogens (primary N) is 1. The summed E-state index contributed by atoms with van der Waals surface area (Å²) in [5, 5.41) is 16.4. The number of carbonyl (C=O) groups excluding carboxylic acids is 2. The van der Waals surface area contributed by atoms with Crippen molar-refractivity contribution in [3.8, 4) is 5.88 Å². The standard InChI is InChI=1S/C32H35ClN8O8S/c1-17-19(49-31(46)48-17)15-47-30(45)36-16-32(2)9-12-40(13-10-32)22-14-35-28(25(34)38-22)50-20-7-5-6-18(24(20)33)37-26(42)23-27(43)39-21-8-3-4-11-41(21)29(23)44/h5-7,14,43H,3-4,8-13,15-16H2,1-2H3,(H2,34,38)(H,36,45)(H,37,42). The van der Waals surface area contributed by atoms with Crippen molar-refractivity contribution in [1.29, 1.82) is 0 Å². The van der Waals surface area contributed by atoms with Gasteiger partial charge in [-0.2, -0.15) is 4.98 Å². The Labute approximate surface area is 294 Å². The van der Waals surface area contributed by atoms with Gasteiger partial charge in [0.25, 0.3) is 11.5 Å². The number of halogens is 1. The molecule has 0 radical (unpaired) electrons. The smallest absolute Gasteiger partial charge is 0.493 e. The number of amides is 2. The highest BCUT2D eigenvalue weighted by atomic mass is 35.5. The molecule has 264 valence electrons. The summed E-state index contributed by atoms with van der Waals surface area (Å²) in [7, 11) is 0. The number of fused-ring (bicyclic) bond motifs is 1. The summed E-state index contributed by atoms with van der Waals surface area (Å²) in [6.45, 7) is 5.54. The average molecular weight is 727 g/mol. The number of aromatic nitrogens is 4. The molecule has 0 atom stereocenters. The number of aryl methyl sites for hydroxylation is 2. The van der Waals surface area contributed by atoms with Crippen LogP contribution in [0.3, 0.4) is 0 Å². The first kappa shape index (κ1) is 34.8. The average Bonchev–Trinajstić information content (AvgIpc) is 3.42. The molecule has 0 aliphatic carbocycles. The largest absolute Gasteiger partial charge is 0.519 e. The maximum absolute atomic E-state index is 13.1. The number of rotatable bonds is 9. The minimum atomic E-state index is -0.847. The predicted molar refractivity (Wildman–Crippen MR) is 183 cm³/mol. The molecule has 3 aromatic heterocycles. The van der Waals surface area contributed by atoms with E-state index in [1.165, 1.54) is 16.3 Å². The number of hydrogen-bond acceptors (Lipinski definition) is 14. The molecule has 4 aromatic rings. The Balaban J connectivity index is 1.04. The first-order chi connectivity index (χ1) is 23.9. The minimum Gasteiger partial charge on any atom is -0.493 e. The van der Waals surface area contributed by atoms with Gasteiger partial charge < -0.3 is 39.9 Å². The Hall–Kier alpha value is -5.03. The minimum absolute atomic E-state index is 0.162. The van der Waals surface area contributed by atoms with Gasteiger partial charge in [-0.1, -0.05) is 36.4 Å². The van der Waals surface area contributed by atoms with Crippen molar-refractivity contribution in [2.24, 2.45) is 5.41 Å². The van der Waals surface area contributed by atoms with E-state index in [4.69, 9.17) is 30.9 Å². The lowest BCUT2D eigenvalue weighted by Gasteiger charge is -2.39. The Bertz CT molecular complexity index is 2060. The molecule has 0 spiro atoms. The molecule has 0 bridgehead atoms. The van der Waals surface area contributed by atoms with Crippen LogP contribution in [0, 0.1) is 12.3 Å².